The van der Waals surface area contributed by atoms with Crippen molar-refractivity contribution in [2.45, 2.75) is 13.3 Å². The number of nitrogens with one attached hydrogen (secondary N) is 1. The van der Waals surface area contributed by atoms with E-state index in [0.717, 1.165) is 11.3 Å². The first-order chi connectivity index (χ1) is 8.31. The van der Waals surface area contributed by atoms with E-state index in [0.29, 0.717) is 24.4 Å². The molecule has 0 spiro atoms. The van der Waals surface area contributed by atoms with Gasteiger partial charge in [0.25, 0.3) is 0 Å². The van der Waals surface area contributed by atoms with Gasteiger partial charge in [-0.05, 0) is 18.6 Å². The molecule has 5 nitrogen and oxygen atoms in total. The maximum Gasteiger partial charge on any atom is 0.228 e. The van der Waals surface area contributed by atoms with Crippen LogP contribution in [0.3, 0.4) is 0 Å². The Morgan fingerprint density at radius 1 is 1.47 bits per heavy atom. The van der Waals surface area contributed by atoms with Gasteiger partial charge in [-0.15, -0.1) is 0 Å². The molecule has 0 amide bonds. The van der Waals surface area contributed by atoms with Crippen LogP contribution < -0.4 is 5.32 Å². The van der Waals surface area contributed by atoms with Gasteiger partial charge in [0, 0.05) is 13.0 Å². The normalized spacial score (nSPS) is 9.88. The predicted octanol–water partition coefficient (Wildman–Crippen LogP) is 1.90. The van der Waals surface area contributed by atoms with Gasteiger partial charge in [-0.2, -0.15) is 10.2 Å². The van der Waals surface area contributed by atoms with Crippen LogP contribution in [0.2, 0.25) is 0 Å². The Morgan fingerprint density at radius 2 is 2.35 bits per heavy atom. The van der Waals surface area contributed by atoms with Crippen LogP contribution in [-0.2, 0) is 6.42 Å². The number of anilines is 1. The summed E-state index contributed by atoms with van der Waals surface area (Å²) in [5.41, 5.74) is 2.57. The molecule has 0 bridgehead atoms. The number of aryl methyl sites for hydroxylation is 1. The van der Waals surface area contributed by atoms with Gasteiger partial charge in [0.1, 0.15) is 6.07 Å². The van der Waals surface area contributed by atoms with Crippen LogP contribution in [0.5, 0.6) is 0 Å². The van der Waals surface area contributed by atoms with Gasteiger partial charge in [0.05, 0.1) is 11.3 Å². The molecule has 0 saturated heterocycles. The van der Waals surface area contributed by atoms with Gasteiger partial charge < -0.3 is 9.84 Å². The molecule has 0 aliphatic carbocycles. The quantitative estimate of drug-likeness (QED) is 0.865. The summed E-state index contributed by atoms with van der Waals surface area (Å²) >= 11 is 0. The zero-order valence-corrected chi connectivity index (χ0v) is 9.47. The van der Waals surface area contributed by atoms with Crippen molar-refractivity contribution in [2.24, 2.45) is 0 Å². The van der Waals surface area contributed by atoms with Crippen molar-refractivity contribution in [1.29, 1.82) is 5.26 Å². The van der Waals surface area contributed by atoms with E-state index in [1.807, 2.05) is 19.1 Å². The second kappa shape index (κ2) is 5.12. The predicted molar refractivity (Wildman–Crippen MR) is 62.4 cm³/mol. The van der Waals surface area contributed by atoms with Crippen molar-refractivity contribution in [1.82, 2.24) is 10.1 Å². The highest BCUT2D eigenvalue weighted by Gasteiger charge is 2.05. The topological polar surface area (TPSA) is 74.7 Å². The van der Waals surface area contributed by atoms with Crippen molar-refractivity contribution in [3.8, 4) is 6.07 Å². The molecular weight excluding hydrogens is 216 g/mol. The molecule has 2 rings (SSSR count). The summed E-state index contributed by atoms with van der Waals surface area (Å²) in [6, 6.07) is 7.80. The second-order valence-electron chi connectivity index (χ2n) is 3.62. The lowest BCUT2D eigenvalue weighted by Gasteiger charge is -2.09. The Hall–Kier alpha value is -2.35. The van der Waals surface area contributed by atoms with Gasteiger partial charge in [0.15, 0.2) is 6.33 Å². The molecule has 0 atom stereocenters. The number of nitriles is 1. The zero-order valence-electron chi connectivity index (χ0n) is 9.47. The SMILES string of the molecule is Cc1cccc(C#N)c1NCCc1ncno1. The number of benzene rings is 1. The minimum Gasteiger partial charge on any atom is -0.383 e. The van der Waals surface area contributed by atoms with E-state index in [1.54, 1.807) is 6.07 Å². The molecule has 0 saturated carbocycles. The Morgan fingerprint density at radius 3 is 3.06 bits per heavy atom. The molecule has 2 aromatic rings. The van der Waals surface area contributed by atoms with E-state index in [4.69, 9.17) is 9.78 Å². The summed E-state index contributed by atoms with van der Waals surface area (Å²) in [6.45, 7) is 2.62. The molecule has 5 heteroatoms. The molecule has 0 aliphatic rings. The maximum atomic E-state index is 9.00. The van der Waals surface area contributed by atoms with Gasteiger partial charge >= 0.3 is 0 Å². The smallest absolute Gasteiger partial charge is 0.228 e. The van der Waals surface area contributed by atoms with E-state index in [-0.39, 0.29) is 0 Å². The molecule has 86 valence electrons. The fourth-order valence-corrected chi connectivity index (χ4v) is 1.60. The van der Waals surface area contributed by atoms with Crippen molar-refractivity contribution in [3.05, 3.63) is 41.5 Å². The van der Waals surface area contributed by atoms with E-state index >= 15 is 0 Å². The van der Waals surface area contributed by atoms with Crippen LogP contribution in [0.15, 0.2) is 29.0 Å². The van der Waals surface area contributed by atoms with Gasteiger partial charge in [-0.3, -0.25) is 0 Å². The van der Waals surface area contributed by atoms with Crippen LogP contribution in [0.1, 0.15) is 17.0 Å². The summed E-state index contributed by atoms with van der Waals surface area (Å²) in [7, 11) is 0. The van der Waals surface area contributed by atoms with Crippen LogP contribution in [0, 0.1) is 18.3 Å². The molecular formula is C12H12N4O. The number of nitrogens with zero attached hydrogens (tertiary/aromatic N) is 3. The summed E-state index contributed by atoms with van der Waals surface area (Å²) in [4.78, 5) is 3.93. The van der Waals surface area contributed by atoms with Crippen LogP contribution in [0.25, 0.3) is 0 Å². The highest BCUT2D eigenvalue weighted by molar-refractivity contribution is 5.62. The molecule has 17 heavy (non-hydrogen) atoms. The third kappa shape index (κ3) is 2.61. The summed E-state index contributed by atoms with van der Waals surface area (Å²) in [6.07, 6.45) is 2.02. The number of rotatable bonds is 4. The minimum atomic E-state index is 0.588. The van der Waals surface area contributed by atoms with E-state index in [2.05, 4.69) is 21.5 Å². The van der Waals surface area contributed by atoms with E-state index < -0.39 is 0 Å². The monoisotopic (exact) mass is 228 g/mol. The standard InChI is InChI=1S/C12H12N4O/c1-9-3-2-4-10(7-13)12(9)14-6-5-11-15-8-16-17-11/h2-4,8,14H,5-6H2,1H3. The van der Waals surface area contributed by atoms with Crippen LogP contribution in [0.4, 0.5) is 5.69 Å². The number of hydrogen-bond acceptors (Lipinski definition) is 5. The molecule has 0 fully saturated rings. The molecule has 0 unspecified atom stereocenters. The third-order valence-electron chi connectivity index (χ3n) is 2.44. The number of aromatic nitrogens is 2. The molecule has 1 heterocycles. The lowest BCUT2D eigenvalue weighted by Crippen LogP contribution is -2.07. The second-order valence-corrected chi connectivity index (χ2v) is 3.62. The summed E-state index contributed by atoms with van der Waals surface area (Å²) in [5, 5.41) is 15.7. The maximum absolute atomic E-state index is 9.00. The molecule has 0 radical (unpaired) electrons. The Labute approximate surface area is 99.1 Å². The lowest BCUT2D eigenvalue weighted by atomic mass is 10.1. The van der Waals surface area contributed by atoms with Crippen molar-refractivity contribution < 1.29 is 4.52 Å². The third-order valence-corrected chi connectivity index (χ3v) is 2.44. The summed E-state index contributed by atoms with van der Waals surface area (Å²) < 4.78 is 4.89. The van der Waals surface area contributed by atoms with Gasteiger partial charge in [-0.25, -0.2) is 0 Å². The highest BCUT2D eigenvalue weighted by atomic mass is 16.5. The fourth-order valence-electron chi connectivity index (χ4n) is 1.60. The van der Waals surface area contributed by atoms with E-state index in [9.17, 15) is 0 Å². The molecule has 0 aliphatic heterocycles. The van der Waals surface area contributed by atoms with Crippen molar-refractivity contribution in [2.75, 3.05) is 11.9 Å². The van der Waals surface area contributed by atoms with Crippen LogP contribution in [-0.4, -0.2) is 16.7 Å². The first-order valence-electron chi connectivity index (χ1n) is 5.30. The number of hydrogen-bond donors (Lipinski definition) is 1. The van der Waals surface area contributed by atoms with Crippen LogP contribution >= 0.6 is 0 Å². The van der Waals surface area contributed by atoms with Gasteiger partial charge in [0.2, 0.25) is 5.89 Å². The lowest BCUT2D eigenvalue weighted by molar-refractivity contribution is 0.380. The first kappa shape index (κ1) is 11.1. The first-order valence-corrected chi connectivity index (χ1v) is 5.30. The van der Waals surface area contributed by atoms with Crippen molar-refractivity contribution in [3.63, 3.8) is 0 Å². The largest absolute Gasteiger partial charge is 0.383 e. The zero-order chi connectivity index (χ0) is 12.1. The Bertz CT molecular complexity index is 528. The Balaban J connectivity index is 2.02. The number of para-hydroxylation sites is 1. The summed E-state index contributed by atoms with van der Waals surface area (Å²) in [5.74, 6) is 0.588. The average molecular weight is 228 g/mol. The van der Waals surface area contributed by atoms with E-state index in [1.165, 1.54) is 6.33 Å². The average Bonchev–Trinajstić information content (AvgIpc) is 2.84. The minimum absolute atomic E-state index is 0.588. The fraction of sp³-hybridized carbons (Fsp3) is 0.250. The Kier molecular flexibility index (Phi) is 3.36. The van der Waals surface area contributed by atoms with Crippen molar-refractivity contribution >= 4 is 5.69 Å². The molecule has 1 N–H and O–H groups in total. The molecule has 1 aromatic carbocycles. The molecule has 1 aromatic heterocycles. The van der Waals surface area contributed by atoms with Gasteiger partial charge in [-0.1, -0.05) is 17.3 Å². The highest BCUT2D eigenvalue weighted by Crippen LogP contribution is 2.19.